The van der Waals surface area contributed by atoms with Crippen LogP contribution in [0.3, 0.4) is 0 Å². The number of hydrogen-bond acceptors (Lipinski definition) is 4. The highest BCUT2D eigenvalue weighted by Gasteiger charge is 2.36. The van der Waals surface area contributed by atoms with Crippen LogP contribution in [-0.4, -0.2) is 42.8 Å². The van der Waals surface area contributed by atoms with Crippen molar-refractivity contribution in [1.29, 1.82) is 0 Å². The van der Waals surface area contributed by atoms with Gasteiger partial charge in [0.25, 0.3) is 0 Å². The number of esters is 1. The van der Waals surface area contributed by atoms with Crippen LogP contribution in [0.1, 0.15) is 46.0 Å². The number of carbonyl (C=O) groups excluding carboxylic acids is 2. The number of rotatable bonds is 6. The SMILES string of the molecule is CCCCOC(=O)C1CCCN1C(=O)OCCC. The minimum Gasteiger partial charge on any atom is -0.464 e. The van der Waals surface area contributed by atoms with Gasteiger partial charge in [-0.2, -0.15) is 0 Å². The van der Waals surface area contributed by atoms with Crippen molar-refractivity contribution in [3.8, 4) is 0 Å². The first-order valence-electron chi connectivity index (χ1n) is 6.80. The lowest BCUT2D eigenvalue weighted by molar-refractivity contribution is -0.148. The summed E-state index contributed by atoms with van der Waals surface area (Å²) in [4.78, 5) is 25.1. The van der Waals surface area contributed by atoms with Crippen molar-refractivity contribution in [2.45, 2.75) is 52.0 Å². The molecule has 18 heavy (non-hydrogen) atoms. The van der Waals surface area contributed by atoms with Gasteiger partial charge in [-0.25, -0.2) is 9.59 Å². The first-order valence-corrected chi connectivity index (χ1v) is 6.80. The second-order valence-electron chi connectivity index (χ2n) is 4.49. The molecular weight excluding hydrogens is 234 g/mol. The average molecular weight is 257 g/mol. The van der Waals surface area contributed by atoms with Gasteiger partial charge in [-0.05, 0) is 25.7 Å². The Morgan fingerprint density at radius 1 is 1.17 bits per heavy atom. The molecular formula is C13H23NO4. The standard InChI is InChI=1S/C13H23NO4/c1-3-5-10-17-12(15)11-7-6-8-14(11)13(16)18-9-4-2/h11H,3-10H2,1-2H3. The molecule has 1 rings (SSSR count). The van der Waals surface area contributed by atoms with Crippen molar-refractivity contribution in [2.24, 2.45) is 0 Å². The third-order valence-corrected chi connectivity index (χ3v) is 2.93. The van der Waals surface area contributed by atoms with Gasteiger partial charge in [0, 0.05) is 6.54 Å². The van der Waals surface area contributed by atoms with Crippen LogP contribution < -0.4 is 0 Å². The van der Waals surface area contributed by atoms with Crippen molar-refractivity contribution >= 4 is 12.1 Å². The highest BCUT2D eigenvalue weighted by atomic mass is 16.6. The van der Waals surface area contributed by atoms with Gasteiger partial charge in [-0.15, -0.1) is 0 Å². The van der Waals surface area contributed by atoms with Gasteiger partial charge >= 0.3 is 12.1 Å². The van der Waals surface area contributed by atoms with E-state index < -0.39 is 12.1 Å². The number of carbonyl (C=O) groups is 2. The maximum Gasteiger partial charge on any atom is 0.410 e. The monoisotopic (exact) mass is 257 g/mol. The summed E-state index contributed by atoms with van der Waals surface area (Å²) < 4.78 is 10.2. The second kappa shape index (κ2) is 7.95. The third-order valence-electron chi connectivity index (χ3n) is 2.93. The topological polar surface area (TPSA) is 55.8 Å². The highest BCUT2D eigenvalue weighted by Crippen LogP contribution is 2.19. The molecule has 0 aromatic carbocycles. The van der Waals surface area contributed by atoms with Crippen molar-refractivity contribution in [2.75, 3.05) is 19.8 Å². The maximum absolute atomic E-state index is 11.8. The molecule has 1 aliphatic rings. The quantitative estimate of drug-likeness (QED) is 0.541. The summed E-state index contributed by atoms with van der Waals surface area (Å²) in [6, 6.07) is -0.453. The van der Waals surface area contributed by atoms with Crippen LogP contribution in [0.2, 0.25) is 0 Å². The van der Waals surface area contributed by atoms with Gasteiger partial charge in [0.05, 0.1) is 13.2 Å². The molecule has 0 spiro atoms. The number of nitrogens with zero attached hydrogens (tertiary/aromatic N) is 1. The van der Waals surface area contributed by atoms with Crippen molar-refractivity contribution in [3.05, 3.63) is 0 Å². The van der Waals surface area contributed by atoms with E-state index in [1.807, 2.05) is 13.8 Å². The van der Waals surface area contributed by atoms with Gasteiger partial charge in [0.2, 0.25) is 0 Å². The second-order valence-corrected chi connectivity index (χ2v) is 4.49. The maximum atomic E-state index is 11.8. The predicted octanol–water partition coefficient (Wildman–Crippen LogP) is 2.34. The van der Waals surface area contributed by atoms with E-state index in [1.54, 1.807) is 0 Å². The minimum absolute atomic E-state index is 0.297. The van der Waals surface area contributed by atoms with E-state index in [0.717, 1.165) is 25.7 Å². The van der Waals surface area contributed by atoms with Crippen molar-refractivity contribution < 1.29 is 19.1 Å². The van der Waals surface area contributed by atoms with Crippen LogP contribution in [0, 0.1) is 0 Å². The van der Waals surface area contributed by atoms with Crippen LogP contribution >= 0.6 is 0 Å². The van der Waals surface area contributed by atoms with E-state index in [2.05, 4.69) is 0 Å². The van der Waals surface area contributed by atoms with Gasteiger partial charge in [-0.3, -0.25) is 4.90 Å². The number of amides is 1. The number of ether oxygens (including phenoxy) is 2. The zero-order valence-corrected chi connectivity index (χ0v) is 11.3. The summed E-state index contributed by atoms with van der Waals surface area (Å²) in [6.07, 6.45) is 3.73. The fourth-order valence-electron chi connectivity index (χ4n) is 1.92. The molecule has 1 saturated heterocycles. The number of hydrogen-bond donors (Lipinski definition) is 0. The zero-order chi connectivity index (χ0) is 13.4. The molecule has 104 valence electrons. The molecule has 1 atom stereocenters. The molecule has 1 unspecified atom stereocenters. The Labute approximate surface area is 108 Å². The Balaban J connectivity index is 2.43. The molecule has 0 aliphatic carbocycles. The molecule has 0 bridgehead atoms. The first-order chi connectivity index (χ1) is 8.70. The van der Waals surface area contributed by atoms with E-state index in [1.165, 1.54) is 4.90 Å². The Morgan fingerprint density at radius 2 is 1.94 bits per heavy atom. The fraction of sp³-hybridized carbons (Fsp3) is 0.846. The van der Waals surface area contributed by atoms with Crippen LogP contribution in [0.25, 0.3) is 0 Å². The summed E-state index contributed by atoms with van der Waals surface area (Å²) in [5.41, 5.74) is 0. The molecule has 1 amide bonds. The van der Waals surface area contributed by atoms with E-state index in [-0.39, 0.29) is 5.97 Å². The molecule has 1 fully saturated rings. The predicted molar refractivity (Wildman–Crippen MR) is 67.2 cm³/mol. The lowest BCUT2D eigenvalue weighted by atomic mass is 10.2. The molecule has 0 saturated carbocycles. The van der Waals surface area contributed by atoms with Crippen LogP contribution in [0.5, 0.6) is 0 Å². The summed E-state index contributed by atoms with van der Waals surface area (Å²) in [7, 11) is 0. The molecule has 5 heteroatoms. The largest absolute Gasteiger partial charge is 0.464 e. The van der Waals surface area contributed by atoms with E-state index in [4.69, 9.17) is 9.47 Å². The number of likely N-dealkylation sites (tertiary alicyclic amines) is 1. The Bertz CT molecular complexity index is 280. The minimum atomic E-state index is -0.453. The summed E-state index contributed by atoms with van der Waals surface area (Å²) in [6.45, 7) is 5.39. The average Bonchev–Trinajstić information content (AvgIpc) is 2.85. The van der Waals surface area contributed by atoms with Crippen molar-refractivity contribution in [1.82, 2.24) is 4.90 Å². The van der Waals surface area contributed by atoms with E-state index in [9.17, 15) is 9.59 Å². The Kier molecular flexibility index (Phi) is 6.54. The van der Waals surface area contributed by atoms with Gasteiger partial charge in [-0.1, -0.05) is 20.3 Å². The van der Waals surface area contributed by atoms with Gasteiger partial charge in [0.1, 0.15) is 6.04 Å². The highest BCUT2D eigenvalue weighted by molar-refractivity contribution is 5.82. The van der Waals surface area contributed by atoms with Gasteiger partial charge < -0.3 is 9.47 Å². The lowest BCUT2D eigenvalue weighted by Crippen LogP contribution is -2.41. The molecule has 1 aliphatic heterocycles. The third kappa shape index (κ3) is 4.20. The summed E-state index contributed by atoms with van der Waals surface area (Å²) >= 11 is 0. The van der Waals surface area contributed by atoms with Crippen molar-refractivity contribution in [3.63, 3.8) is 0 Å². The molecule has 1 heterocycles. The molecule has 0 aromatic rings. The Morgan fingerprint density at radius 3 is 2.61 bits per heavy atom. The zero-order valence-electron chi connectivity index (χ0n) is 11.3. The van der Waals surface area contributed by atoms with E-state index in [0.29, 0.717) is 26.2 Å². The Hall–Kier alpha value is -1.26. The lowest BCUT2D eigenvalue weighted by Gasteiger charge is -2.22. The molecule has 0 aromatic heterocycles. The number of unbranched alkanes of at least 4 members (excludes halogenated alkanes) is 1. The van der Waals surface area contributed by atoms with Gasteiger partial charge in [0.15, 0.2) is 0 Å². The molecule has 0 radical (unpaired) electrons. The summed E-state index contributed by atoms with van der Waals surface area (Å²) in [5.74, 6) is -0.297. The first kappa shape index (κ1) is 14.8. The van der Waals surface area contributed by atoms with Crippen LogP contribution in [-0.2, 0) is 14.3 Å². The van der Waals surface area contributed by atoms with E-state index >= 15 is 0 Å². The molecule has 0 N–H and O–H groups in total. The summed E-state index contributed by atoms with van der Waals surface area (Å²) in [5, 5.41) is 0. The molecule has 5 nitrogen and oxygen atoms in total. The van der Waals surface area contributed by atoms with Crippen LogP contribution in [0.15, 0.2) is 0 Å². The van der Waals surface area contributed by atoms with Crippen LogP contribution in [0.4, 0.5) is 4.79 Å². The fourth-order valence-corrected chi connectivity index (χ4v) is 1.92. The smallest absolute Gasteiger partial charge is 0.410 e. The normalized spacial score (nSPS) is 18.8.